The van der Waals surface area contributed by atoms with Gasteiger partial charge in [0.1, 0.15) is 23.2 Å². The third-order valence-electron chi connectivity index (χ3n) is 3.07. The second-order valence-corrected chi connectivity index (χ2v) is 5.40. The van der Waals surface area contributed by atoms with Crippen molar-refractivity contribution >= 4 is 11.9 Å². The first kappa shape index (κ1) is 17.2. The largest absolute Gasteiger partial charge is 0.478 e. The van der Waals surface area contributed by atoms with E-state index in [4.69, 9.17) is 14.3 Å². The summed E-state index contributed by atoms with van der Waals surface area (Å²) >= 11 is 0. The number of nitrogens with one attached hydrogen (secondary N) is 1. The van der Waals surface area contributed by atoms with Gasteiger partial charge in [-0.1, -0.05) is 13.8 Å². The fourth-order valence-electron chi connectivity index (χ4n) is 1.72. The lowest BCUT2D eigenvalue weighted by Gasteiger charge is -2.13. The molecule has 1 unspecified atom stereocenters. The molecule has 1 heterocycles. The fourth-order valence-corrected chi connectivity index (χ4v) is 1.72. The summed E-state index contributed by atoms with van der Waals surface area (Å²) in [5.41, 5.74) is 0.112. The van der Waals surface area contributed by atoms with Crippen molar-refractivity contribution in [1.29, 1.82) is 0 Å². The van der Waals surface area contributed by atoms with Crippen LogP contribution in [0.3, 0.4) is 0 Å². The zero-order chi connectivity index (χ0) is 16.0. The number of furan rings is 1. The SMILES string of the molecule is Cc1oc(CNC(=O)C(C)OCCC(C)C)cc1C(=O)O. The van der Waals surface area contributed by atoms with E-state index in [0.717, 1.165) is 6.42 Å². The van der Waals surface area contributed by atoms with Gasteiger partial charge in [-0.25, -0.2) is 4.79 Å². The van der Waals surface area contributed by atoms with Gasteiger partial charge in [0.05, 0.1) is 6.54 Å². The van der Waals surface area contributed by atoms with Gasteiger partial charge < -0.3 is 19.6 Å². The molecule has 0 aliphatic rings. The summed E-state index contributed by atoms with van der Waals surface area (Å²) in [6.45, 7) is 8.12. The molecule has 1 atom stereocenters. The van der Waals surface area contributed by atoms with Gasteiger partial charge in [0.2, 0.25) is 5.91 Å². The van der Waals surface area contributed by atoms with E-state index < -0.39 is 12.1 Å². The predicted octanol–water partition coefficient (Wildman–Crippen LogP) is 2.35. The number of hydrogen-bond donors (Lipinski definition) is 2. The average Bonchev–Trinajstić information content (AvgIpc) is 2.76. The average molecular weight is 297 g/mol. The van der Waals surface area contributed by atoms with Crippen molar-refractivity contribution in [2.45, 2.75) is 46.8 Å². The van der Waals surface area contributed by atoms with Crippen LogP contribution in [0.1, 0.15) is 49.1 Å². The van der Waals surface area contributed by atoms with E-state index in [1.165, 1.54) is 6.07 Å². The zero-order valence-electron chi connectivity index (χ0n) is 12.9. The lowest BCUT2D eigenvalue weighted by molar-refractivity contribution is -0.132. The summed E-state index contributed by atoms with van der Waals surface area (Å²) in [4.78, 5) is 22.7. The Morgan fingerprint density at radius 1 is 1.38 bits per heavy atom. The number of ether oxygens (including phenoxy) is 1. The Kier molecular flexibility index (Phi) is 6.42. The summed E-state index contributed by atoms with van der Waals surface area (Å²) in [7, 11) is 0. The summed E-state index contributed by atoms with van der Waals surface area (Å²) in [6, 6.07) is 1.42. The number of carbonyl (C=O) groups is 2. The van der Waals surface area contributed by atoms with Crippen molar-refractivity contribution in [1.82, 2.24) is 5.32 Å². The maximum absolute atomic E-state index is 11.8. The third-order valence-corrected chi connectivity index (χ3v) is 3.07. The van der Waals surface area contributed by atoms with E-state index in [-0.39, 0.29) is 18.0 Å². The Morgan fingerprint density at radius 3 is 2.57 bits per heavy atom. The van der Waals surface area contributed by atoms with Crippen molar-refractivity contribution < 1.29 is 23.8 Å². The van der Waals surface area contributed by atoms with E-state index in [9.17, 15) is 9.59 Å². The normalized spacial score (nSPS) is 12.4. The molecule has 0 spiro atoms. The minimum atomic E-state index is -1.04. The molecule has 1 rings (SSSR count). The molecule has 118 valence electrons. The molecule has 1 aromatic heterocycles. The van der Waals surface area contributed by atoms with Crippen molar-refractivity contribution in [2.75, 3.05) is 6.61 Å². The van der Waals surface area contributed by atoms with Gasteiger partial charge in [-0.3, -0.25) is 4.79 Å². The minimum absolute atomic E-state index is 0.112. The quantitative estimate of drug-likeness (QED) is 0.769. The van der Waals surface area contributed by atoms with Crippen LogP contribution in [0, 0.1) is 12.8 Å². The van der Waals surface area contributed by atoms with Gasteiger partial charge in [-0.15, -0.1) is 0 Å². The van der Waals surface area contributed by atoms with E-state index in [0.29, 0.717) is 24.0 Å². The van der Waals surface area contributed by atoms with Gasteiger partial charge in [-0.05, 0) is 32.3 Å². The van der Waals surface area contributed by atoms with Crippen molar-refractivity contribution in [2.24, 2.45) is 5.92 Å². The number of carbonyl (C=O) groups excluding carboxylic acids is 1. The Labute approximate surface area is 124 Å². The molecule has 6 heteroatoms. The highest BCUT2D eigenvalue weighted by atomic mass is 16.5. The van der Waals surface area contributed by atoms with Crippen LogP contribution in [-0.2, 0) is 16.1 Å². The first-order chi connectivity index (χ1) is 9.81. The van der Waals surface area contributed by atoms with Crippen LogP contribution in [0.5, 0.6) is 0 Å². The van der Waals surface area contributed by atoms with E-state index >= 15 is 0 Å². The standard InChI is InChI=1S/C15H23NO5/c1-9(2)5-6-20-11(4)14(17)16-8-12-7-13(15(18)19)10(3)21-12/h7,9,11H,5-6,8H2,1-4H3,(H,16,17)(H,18,19). The lowest BCUT2D eigenvalue weighted by Crippen LogP contribution is -2.34. The molecule has 6 nitrogen and oxygen atoms in total. The van der Waals surface area contributed by atoms with E-state index in [1.54, 1.807) is 13.8 Å². The molecule has 1 amide bonds. The minimum Gasteiger partial charge on any atom is -0.478 e. The summed E-state index contributed by atoms with van der Waals surface area (Å²) in [6.07, 6.45) is 0.357. The monoisotopic (exact) mass is 297 g/mol. The van der Waals surface area contributed by atoms with Crippen LogP contribution >= 0.6 is 0 Å². The highest BCUT2D eigenvalue weighted by Gasteiger charge is 2.16. The molecule has 0 aromatic carbocycles. The summed E-state index contributed by atoms with van der Waals surface area (Å²) in [5, 5.41) is 11.6. The highest BCUT2D eigenvalue weighted by Crippen LogP contribution is 2.14. The summed E-state index contributed by atoms with van der Waals surface area (Å²) < 4.78 is 10.7. The van der Waals surface area contributed by atoms with Crippen LogP contribution in [0.2, 0.25) is 0 Å². The van der Waals surface area contributed by atoms with Crippen LogP contribution in [0.4, 0.5) is 0 Å². The number of aromatic carboxylic acids is 1. The second kappa shape index (κ2) is 7.83. The van der Waals surface area contributed by atoms with E-state index in [1.807, 2.05) is 0 Å². The summed E-state index contributed by atoms with van der Waals surface area (Å²) in [5.74, 6) is -0.0229. The first-order valence-corrected chi connectivity index (χ1v) is 7.03. The number of hydrogen-bond acceptors (Lipinski definition) is 4. The lowest BCUT2D eigenvalue weighted by atomic mass is 10.1. The third kappa shape index (κ3) is 5.59. The molecule has 1 aromatic rings. The number of rotatable bonds is 8. The molecular formula is C15H23NO5. The number of amides is 1. The molecule has 0 aliphatic carbocycles. The second-order valence-electron chi connectivity index (χ2n) is 5.40. The molecule has 21 heavy (non-hydrogen) atoms. The molecular weight excluding hydrogens is 274 g/mol. The van der Waals surface area contributed by atoms with Crippen LogP contribution in [0.15, 0.2) is 10.5 Å². The highest BCUT2D eigenvalue weighted by molar-refractivity contribution is 5.88. The van der Waals surface area contributed by atoms with E-state index in [2.05, 4.69) is 19.2 Å². The Balaban J connectivity index is 2.42. The van der Waals surface area contributed by atoms with Crippen LogP contribution < -0.4 is 5.32 Å². The maximum atomic E-state index is 11.8. The zero-order valence-corrected chi connectivity index (χ0v) is 12.9. The molecule has 0 aliphatic heterocycles. The van der Waals surface area contributed by atoms with Gasteiger partial charge in [0, 0.05) is 6.61 Å². The van der Waals surface area contributed by atoms with Crippen LogP contribution in [-0.4, -0.2) is 29.7 Å². The molecule has 0 saturated carbocycles. The Hall–Kier alpha value is -1.82. The maximum Gasteiger partial charge on any atom is 0.339 e. The van der Waals surface area contributed by atoms with Gasteiger partial charge in [0.15, 0.2) is 0 Å². The first-order valence-electron chi connectivity index (χ1n) is 7.03. The van der Waals surface area contributed by atoms with Crippen molar-refractivity contribution in [3.05, 3.63) is 23.2 Å². The molecule has 0 radical (unpaired) electrons. The Morgan fingerprint density at radius 2 is 2.05 bits per heavy atom. The molecule has 2 N–H and O–H groups in total. The van der Waals surface area contributed by atoms with Crippen LogP contribution in [0.25, 0.3) is 0 Å². The predicted molar refractivity (Wildman–Crippen MR) is 77.1 cm³/mol. The number of carboxylic acid groups (broad SMARTS) is 1. The fraction of sp³-hybridized carbons (Fsp3) is 0.600. The molecule has 0 bridgehead atoms. The number of carboxylic acids is 1. The van der Waals surface area contributed by atoms with Gasteiger partial charge in [-0.2, -0.15) is 0 Å². The van der Waals surface area contributed by atoms with Gasteiger partial charge >= 0.3 is 5.97 Å². The van der Waals surface area contributed by atoms with Crippen molar-refractivity contribution in [3.8, 4) is 0 Å². The Bertz CT molecular complexity index is 492. The topological polar surface area (TPSA) is 88.8 Å². The van der Waals surface area contributed by atoms with Crippen molar-refractivity contribution in [3.63, 3.8) is 0 Å². The molecule has 0 fully saturated rings. The molecule has 0 saturated heterocycles. The number of aryl methyl sites for hydroxylation is 1. The van der Waals surface area contributed by atoms with Gasteiger partial charge in [0.25, 0.3) is 0 Å². The smallest absolute Gasteiger partial charge is 0.339 e.